The fourth-order valence-corrected chi connectivity index (χ4v) is 3.68. The van der Waals surface area contributed by atoms with Crippen LogP contribution in [-0.2, 0) is 15.9 Å². The molecule has 1 aliphatic carbocycles. The summed E-state index contributed by atoms with van der Waals surface area (Å²) in [5.74, 6) is 0.861. The van der Waals surface area contributed by atoms with Gasteiger partial charge in [-0.2, -0.15) is 0 Å². The number of nitrogens with zero attached hydrogens (tertiary/aromatic N) is 2. The van der Waals surface area contributed by atoms with Gasteiger partial charge in [0.25, 0.3) is 0 Å². The zero-order valence-electron chi connectivity index (χ0n) is 11.6. The van der Waals surface area contributed by atoms with Gasteiger partial charge < -0.3 is 4.57 Å². The molecule has 1 saturated carbocycles. The average Bonchev–Trinajstić information content (AvgIpc) is 3.03. The van der Waals surface area contributed by atoms with Crippen LogP contribution in [0.15, 0.2) is 17.2 Å². The Bertz CT molecular complexity index is 547. The number of halogens is 1. The summed E-state index contributed by atoms with van der Waals surface area (Å²) in [6.07, 6.45) is 3.97. The number of rotatable bonds is 6. The predicted octanol–water partition coefficient (Wildman–Crippen LogP) is 2.84. The Morgan fingerprint density at radius 1 is 1.47 bits per heavy atom. The molecule has 0 amide bonds. The minimum atomic E-state index is -3.39. The van der Waals surface area contributed by atoms with Crippen LogP contribution in [-0.4, -0.2) is 30.9 Å². The third-order valence-corrected chi connectivity index (χ3v) is 5.58. The lowest BCUT2D eigenvalue weighted by Gasteiger charge is -2.15. The van der Waals surface area contributed by atoms with Gasteiger partial charge in [-0.3, -0.25) is 0 Å². The summed E-state index contributed by atoms with van der Waals surface area (Å²) in [6, 6.07) is 1.89. The molecule has 1 fully saturated rings. The first kappa shape index (κ1) is 14.9. The summed E-state index contributed by atoms with van der Waals surface area (Å²) < 4.78 is 28.3. The van der Waals surface area contributed by atoms with Gasteiger partial charge in [0, 0.05) is 31.5 Å². The van der Waals surface area contributed by atoms with Crippen molar-refractivity contribution in [1.82, 2.24) is 8.87 Å². The van der Waals surface area contributed by atoms with Gasteiger partial charge in [0.05, 0.1) is 5.88 Å². The maximum Gasteiger partial charge on any atom is 0.244 e. The smallest absolute Gasteiger partial charge is 0.244 e. The molecule has 1 aliphatic rings. The summed E-state index contributed by atoms with van der Waals surface area (Å²) in [4.78, 5) is 0.347. The maximum absolute atomic E-state index is 12.5. The van der Waals surface area contributed by atoms with Crippen molar-refractivity contribution in [1.29, 1.82) is 0 Å². The van der Waals surface area contributed by atoms with Crippen molar-refractivity contribution >= 4 is 21.6 Å². The Morgan fingerprint density at radius 3 is 2.53 bits per heavy atom. The zero-order chi connectivity index (χ0) is 14.2. The largest absolute Gasteiger partial charge is 0.346 e. The minimum absolute atomic E-state index is 0.200. The van der Waals surface area contributed by atoms with Gasteiger partial charge in [-0.15, -0.1) is 11.6 Å². The molecule has 0 saturated heterocycles. The van der Waals surface area contributed by atoms with Crippen LogP contribution < -0.4 is 0 Å². The normalized spacial score (nSPS) is 16.5. The summed E-state index contributed by atoms with van der Waals surface area (Å²) in [6.45, 7) is 4.64. The number of hydrogen-bond acceptors (Lipinski definition) is 2. The summed E-state index contributed by atoms with van der Waals surface area (Å²) >= 11 is 5.88. The van der Waals surface area contributed by atoms with Crippen molar-refractivity contribution in [3.8, 4) is 0 Å². The Morgan fingerprint density at radius 2 is 2.11 bits per heavy atom. The minimum Gasteiger partial charge on any atom is -0.346 e. The molecule has 4 nitrogen and oxygen atoms in total. The van der Waals surface area contributed by atoms with E-state index in [4.69, 9.17) is 11.6 Å². The Labute approximate surface area is 120 Å². The SMILES string of the molecule is CC(C)n1cc(S(=O)(=O)N(C)CC2CC2)cc1CCl. The predicted molar refractivity (Wildman–Crippen MR) is 76.9 cm³/mol. The maximum atomic E-state index is 12.5. The second-order valence-electron chi connectivity index (χ2n) is 5.53. The molecule has 6 heteroatoms. The number of aromatic nitrogens is 1. The molecule has 1 aromatic rings. The van der Waals surface area contributed by atoms with E-state index in [0.717, 1.165) is 18.5 Å². The van der Waals surface area contributed by atoms with Gasteiger partial charge in [0.1, 0.15) is 4.90 Å². The van der Waals surface area contributed by atoms with Crippen LogP contribution in [0.4, 0.5) is 0 Å². The van der Waals surface area contributed by atoms with Gasteiger partial charge in [0.2, 0.25) is 10.0 Å². The van der Waals surface area contributed by atoms with Crippen LogP contribution in [0, 0.1) is 5.92 Å². The first-order chi connectivity index (χ1) is 8.86. The van der Waals surface area contributed by atoms with Crippen LogP contribution in [0.25, 0.3) is 0 Å². The van der Waals surface area contributed by atoms with Crippen LogP contribution >= 0.6 is 11.6 Å². The first-order valence-corrected chi connectivity index (χ1v) is 8.56. The topological polar surface area (TPSA) is 42.3 Å². The van der Waals surface area contributed by atoms with Crippen LogP contribution in [0.2, 0.25) is 0 Å². The summed E-state index contributed by atoms with van der Waals surface area (Å²) in [5.41, 5.74) is 0.843. The fraction of sp³-hybridized carbons (Fsp3) is 0.692. The van der Waals surface area contributed by atoms with Gasteiger partial charge in [-0.25, -0.2) is 12.7 Å². The Balaban J connectivity index is 2.28. The van der Waals surface area contributed by atoms with E-state index in [1.807, 2.05) is 18.4 Å². The van der Waals surface area contributed by atoms with Crippen molar-refractivity contribution < 1.29 is 8.42 Å². The molecule has 0 atom stereocenters. The van der Waals surface area contributed by atoms with Crippen molar-refractivity contribution in [2.75, 3.05) is 13.6 Å². The van der Waals surface area contributed by atoms with E-state index in [0.29, 0.717) is 23.2 Å². The summed E-state index contributed by atoms with van der Waals surface area (Å²) in [7, 11) is -1.73. The van der Waals surface area contributed by atoms with E-state index in [-0.39, 0.29) is 6.04 Å². The van der Waals surface area contributed by atoms with Crippen molar-refractivity contribution in [2.45, 2.75) is 43.5 Å². The molecule has 1 aromatic heterocycles. The van der Waals surface area contributed by atoms with Gasteiger partial charge in [-0.1, -0.05) is 0 Å². The second-order valence-corrected chi connectivity index (χ2v) is 7.84. The Hall–Kier alpha value is -0.520. The molecule has 0 N–H and O–H groups in total. The number of hydrogen-bond donors (Lipinski definition) is 0. The highest BCUT2D eigenvalue weighted by molar-refractivity contribution is 7.89. The highest BCUT2D eigenvalue weighted by atomic mass is 35.5. The molecular formula is C13H21ClN2O2S. The molecule has 0 radical (unpaired) electrons. The van der Waals surface area contributed by atoms with Gasteiger partial charge in [-0.05, 0) is 38.7 Å². The Kier molecular flexibility index (Phi) is 4.28. The lowest BCUT2D eigenvalue weighted by Crippen LogP contribution is -2.28. The van der Waals surface area contributed by atoms with Crippen LogP contribution in [0.1, 0.15) is 38.4 Å². The molecule has 108 valence electrons. The average molecular weight is 305 g/mol. The molecule has 0 aromatic carbocycles. The fourth-order valence-electron chi connectivity index (χ4n) is 2.17. The van der Waals surface area contributed by atoms with E-state index in [9.17, 15) is 8.42 Å². The van der Waals surface area contributed by atoms with E-state index >= 15 is 0 Å². The quantitative estimate of drug-likeness (QED) is 0.758. The van der Waals surface area contributed by atoms with E-state index in [1.165, 1.54) is 4.31 Å². The van der Waals surface area contributed by atoms with E-state index < -0.39 is 10.0 Å². The van der Waals surface area contributed by atoms with Crippen molar-refractivity contribution in [3.63, 3.8) is 0 Å². The van der Waals surface area contributed by atoms with Gasteiger partial charge in [0.15, 0.2) is 0 Å². The summed E-state index contributed by atoms with van der Waals surface area (Å²) in [5, 5.41) is 0. The lowest BCUT2D eigenvalue weighted by atomic mass is 10.4. The molecule has 0 spiro atoms. The molecule has 0 bridgehead atoms. The van der Waals surface area contributed by atoms with Crippen molar-refractivity contribution in [3.05, 3.63) is 18.0 Å². The zero-order valence-corrected chi connectivity index (χ0v) is 13.2. The molecular weight excluding hydrogens is 284 g/mol. The van der Waals surface area contributed by atoms with Crippen molar-refractivity contribution in [2.24, 2.45) is 5.92 Å². The van der Waals surface area contributed by atoms with Crippen LogP contribution in [0.5, 0.6) is 0 Å². The second kappa shape index (κ2) is 5.46. The third kappa shape index (κ3) is 3.15. The highest BCUT2D eigenvalue weighted by Gasteiger charge is 2.30. The molecule has 19 heavy (non-hydrogen) atoms. The molecule has 2 rings (SSSR count). The third-order valence-electron chi connectivity index (χ3n) is 3.52. The van der Waals surface area contributed by atoms with Gasteiger partial charge >= 0.3 is 0 Å². The number of sulfonamides is 1. The lowest BCUT2D eigenvalue weighted by molar-refractivity contribution is 0.452. The molecule has 0 aliphatic heterocycles. The highest BCUT2D eigenvalue weighted by Crippen LogP contribution is 2.31. The monoisotopic (exact) mass is 304 g/mol. The standard InChI is InChI=1S/C13H21ClN2O2S/c1-10(2)16-9-13(6-12(16)7-14)19(17,18)15(3)8-11-4-5-11/h6,9-11H,4-5,7-8H2,1-3H3. The van der Waals surface area contributed by atoms with E-state index in [2.05, 4.69) is 0 Å². The number of alkyl halides is 1. The molecule has 1 heterocycles. The molecule has 0 unspecified atom stereocenters. The van der Waals surface area contributed by atoms with E-state index in [1.54, 1.807) is 19.3 Å². The first-order valence-electron chi connectivity index (χ1n) is 6.59. The van der Waals surface area contributed by atoms with Crippen LogP contribution in [0.3, 0.4) is 0 Å².